The van der Waals surface area contributed by atoms with Crippen molar-refractivity contribution in [3.63, 3.8) is 0 Å². The molecule has 0 unspecified atom stereocenters. The normalized spacial score (nSPS) is 10.3. The van der Waals surface area contributed by atoms with Crippen molar-refractivity contribution in [2.75, 3.05) is 25.1 Å². The zero-order chi connectivity index (χ0) is 18.9. The van der Waals surface area contributed by atoms with Crippen LogP contribution in [0.2, 0.25) is 0 Å². The van der Waals surface area contributed by atoms with Crippen molar-refractivity contribution in [2.24, 2.45) is 0 Å². The van der Waals surface area contributed by atoms with Gasteiger partial charge in [-0.2, -0.15) is 0 Å². The van der Waals surface area contributed by atoms with Gasteiger partial charge in [0.25, 0.3) is 0 Å². The Kier molecular flexibility index (Phi) is 7.21. The minimum Gasteiger partial charge on any atom is -0.497 e. The molecule has 2 aromatic rings. The molecule has 0 bridgehead atoms. The summed E-state index contributed by atoms with van der Waals surface area (Å²) in [6.07, 6.45) is 1.66. The van der Waals surface area contributed by atoms with Crippen LogP contribution < -0.4 is 15.0 Å². The lowest BCUT2D eigenvalue weighted by Crippen LogP contribution is -2.40. The van der Waals surface area contributed by atoms with Crippen molar-refractivity contribution in [3.05, 3.63) is 59.7 Å². The minimum absolute atomic E-state index is 0.0173. The lowest BCUT2D eigenvalue weighted by atomic mass is 10.1. The maximum absolute atomic E-state index is 12.2. The van der Waals surface area contributed by atoms with Crippen LogP contribution in [-0.2, 0) is 22.4 Å². The molecule has 1 N–H and O–H groups in total. The van der Waals surface area contributed by atoms with Crippen LogP contribution in [0.5, 0.6) is 5.75 Å². The Bertz CT molecular complexity index is 724. The number of carbonyl (C=O) groups excluding carboxylic acids is 2. The van der Waals surface area contributed by atoms with Gasteiger partial charge >= 0.3 is 0 Å². The molecule has 0 atom stereocenters. The second-order valence-electron chi connectivity index (χ2n) is 6.07. The fourth-order valence-corrected chi connectivity index (χ4v) is 2.63. The molecule has 0 spiro atoms. The van der Waals surface area contributed by atoms with E-state index in [2.05, 4.69) is 12.2 Å². The third-order valence-electron chi connectivity index (χ3n) is 4.23. The van der Waals surface area contributed by atoms with Crippen LogP contribution in [0.15, 0.2) is 48.5 Å². The van der Waals surface area contributed by atoms with Crippen LogP contribution >= 0.6 is 0 Å². The molecular formula is C21H26N2O3. The highest BCUT2D eigenvalue weighted by atomic mass is 16.5. The number of nitrogens with zero attached hydrogens (tertiary/aromatic N) is 1. The molecule has 0 saturated heterocycles. The molecule has 5 nitrogen and oxygen atoms in total. The number of hydrogen-bond acceptors (Lipinski definition) is 3. The lowest BCUT2D eigenvalue weighted by Gasteiger charge is -2.21. The number of aryl methyl sites for hydroxylation is 1. The van der Waals surface area contributed by atoms with Crippen molar-refractivity contribution in [1.29, 1.82) is 0 Å². The Hall–Kier alpha value is -2.82. The molecule has 5 heteroatoms. The van der Waals surface area contributed by atoms with Gasteiger partial charge in [0.2, 0.25) is 11.8 Å². The van der Waals surface area contributed by atoms with Gasteiger partial charge in [0.15, 0.2) is 0 Å². The van der Waals surface area contributed by atoms with E-state index in [1.807, 2.05) is 48.5 Å². The number of rotatable bonds is 8. The lowest BCUT2D eigenvalue weighted by molar-refractivity contribution is -0.123. The summed E-state index contributed by atoms with van der Waals surface area (Å²) >= 11 is 0. The quantitative estimate of drug-likeness (QED) is 0.793. The van der Waals surface area contributed by atoms with Gasteiger partial charge in [0, 0.05) is 19.2 Å². The van der Waals surface area contributed by atoms with E-state index in [1.165, 1.54) is 17.4 Å². The zero-order valence-electron chi connectivity index (χ0n) is 15.6. The van der Waals surface area contributed by atoms with Crippen LogP contribution in [0.4, 0.5) is 5.69 Å². The van der Waals surface area contributed by atoms with Crippen LogP contribution in [-0.4, -0.2) is 32.0 Å². The molecule has 2 aromatic carbocycles. The van der Waals surface area contributed by atoms with Gasteiger partial charge in [0.05, 0.1) is 7.11 Å². The van der Waals surface area contributed by atoms with Crippen molar-refractivity contribution in [2.45, 2.75) is 26.7 Å². The topological polar surface area (TPSA) is 58.6 Å². The van der Waals surface area contributed by atoms with E-state index in [1.54, 1.807) is 7.11 Å². The number of amides is 2. The first-order valence-corrected chi connectivity index (χ1v) is 8.80. The average molecular weight is 354 g/mol. The Labute approximate surface area is 155 Å². The highest BCUT2D eigenvalue weighted by Gasteiger charge is 2.15. The van der Waals surface area contributed by atoms with Crippen molar-refractivity contribution >= 4 is 17.5 Å². The van der Waals surface area contributed by atoms with Crippen LogP contribution in [0.25, 0.3) is 0 Å². The molecule has 138 valence electrons. The summed E-state index contributed by atoms with van der Waals surface area (Å²) in [5.41, 5.74) is 3.05. The van der Waals surface area contributed by atoms with Crippen molar-refractivity contribution in [3.8, 4) is 5.75 Å². The van der Waals surface area contributed by atoms with Gasteiger partial charge in [-0.1, -0.05) is 31.2 Å². The Morgan fingerprint density at radius 1 is 1.00 bits per heavy atom. The summed E-state index contributed by atoms with van der Waals surface area (Å²) in [5, 5.41) is 2.87. The maximum Gasteiger partial charge on any atom is 0.240 e. The molecule has 0 radical (unpaired) electrons. The van der Waals surface area contributed by atoms with Gasteiger partial charge in [-0.15, -0.1) is 0 Å². The van der Waals surface area contributed by atoms with Crippen LogP contribution in [0.1, 0.15) is 25.0 Å². The van der Waals surface area contributed by atoms with E-state index in [4.69, 9.17) is 4.74 Å². The maximum atomic E-state index is 12.2. The Morgan fingerprint density at radius 2 is 1.62 bits per heavy atom. The first-order chi connectivity index (χ1) is 12.5. The second kappa shape index (κ2) is 9.61. The van der Waals surface area contributed by atoms with E-state index in [9.17, 15) is 9.59 Å². The van der Waals surface area contributed by atoms with Gasteiger partial charge < -0.3 is 15.0 Å². The van der Waals surface area contributed by atoms with E-state index < -0.39 is 0 Å². The summed E-state index contributed by atoms with van der Waals surface area (Å²) in [4.78, 5) is 25.6. The second-order valence-corrected chi connectivity index (χ2v) is 6.07. The molecular weight excluding hydrogens is 328 g/mol. The molecule has 0 aliphatic heterocycles. The summed E-state index contributed by atoms with van der Waals surface area (Å²) in [5.74, 6) is 0.483. The standard InChI is InChI=1S/C21H26N2O3/c1-4-17-5-9-19(10-6-17)23(16(2)24)15-21(25)22-14-13-18-7-11-20(26-3)12-8-18/h5-12H,4,13-15H2,1-3H3,(H,22,25). The smallest absolute Gasteiger partial charge is 0.240 e. The van der Waals surface area contributed by atoms with Crippen LogP contribution in [0, 0.1) is 0 Å². The highest BCUT2D eigenvalue weighted by molar-refractivity contribution is 5.97. The number of hydrogen-bond donors (Lipinski definition) is 1. The summed E-state index contributed by atoms with van der Waals surface area (Å²) in [6.45, 7) is 4.08. The van der Waals surface area contributed by atoms with Gasteiger partial charge in [-0.25, -0.2) is 0 Å². The third kappa shape index (κ3) is 5.62. The monoisotopic (exact) mass is 354 g/mol. The van der Waals surface area contributed by atoms with Gasteiger partial charge in [-0.3, -0.25) is 9.59 Å². The molecule has 0 aromatic heterocycles. The first kappa shape index (κ1) is 19.5. The number of methoxy groups -OCH3 is 1. The fourth-order valence-electron chi connectivity index (χ4n) is 2.63. The zero-order valence-corrected chi connectivity index (χ0v) is 15.6. The largest absolute Gasteiger partial charge is 0.497 e. The molecule has 2 amide bonds. The Morgan fingerprint density at radius 3 is 2.15 bits per heavy atom. The minimum atomic E-state index is -0.173. The van der Waals surface area contributed by atoms with Gasteiger partial charge in [0.1, 0.15) is 12.3 Å². The van der Waals surface area contributed by atoms with E-state index >= 15 is 0 Å². The van der Waals surface area contributed by atoms with Crippen molar-refractivity contribution < 1.29 is 14.3 Å². The van der Waals surface area contributed by atoms with Crippen LogP contribution in [0.3, 0.4) is 0 Å². The van der Waals surface area contributed by atoms with E-state index in [-0.39, 0.29) is 18.4 Å². The molecule has 0 fully saturated rings. The molecule has 0 heterocycles. The summed E-state index contributed by atoms with van der Waals surface area (Å²) in [7, 11) is 1.63. The van der Waals surface area contributed by atoms with E-state index in [0.717, 1.165) is 29.8 Å². The Balaban J connectivity index is 1.87. The fraction of sp³-hybridized carbons (Fsp3) is 0.333. The first-order valence-electron chi connectivity index (χ1n) is 8.80. The number of benzene rings is 2. The predicted octanol–water partition coefficient (Wildman–Crippen LogP) is 2.97. The number of nitrogens with one attached hydrogen (secondary N) is 1. The predicted molar refractivity (Wildman–Crippen MR) is 104 cm³/mol. The molecule has 0 aliphatic rings. The average Bonchev–Trinajstić information content (AvgIpc) is 2.66. The van der Waals surface area contributed by atoms with Crippen molar-refractivity contribution in [1.82, 2.24) is 5.32 Å². The molecule has 2 rings (SSSR count). The third-order valence-corrected chi connectivity index (χ3v) is 4.23. The highest BCUT2D eigenvalue weighted by Crippen LogP contribution is 2.16. The number of ether oxygens (including phenoxy) is 1. The summed E-state index contributed by atoms with van der Waals surface area (Å²) in [6, 6.07) is 15.5. The molecule has 0 aliphatic carbocycles. The summed E-state index contributed by atoms with van der Waals surface area (Å²) < 4.78 is 5.13. The van der Waals surface area contributed by atoms with Gasteiger partial charge in [-0.05, 0) is 48.2 Å². The molecule has 26 heavy (non-hydrogen) atoms. The number of anilines is 1. The SMILES string of the molecule is CCc1ccc(N(CC(=O)NCCc2ccc(OC)cc2)C(C)=O)cc1. The van der Waals surface area contributed by atoms with E-state index in [0.29, 0.717) is 6.54 Å². The molecule has 0 saturated carbocycles. The number of carbonyl (C=O) groups is 2.